The van der Waals surface area contributed by atoms with Gasteiger partial charge < -0.3 is 55.4 Å². The molecule has 21 heteroatoms. The van der Waals surface area contributed by atoms with E-state index >= 15 is 0 Å². The van der Waals surface area contributed by atoms with Crippen molar-refractivity contribution in [3.8, 4) is 17.2 Å². The van der Waals surface area contributed by atoms with Crippen LogP contribution < -0.4 is 25.8 Å². The van der Waals surface area contributed by atoms with Gasteiger partial charge in [0.15, 0.2) is 6.04 Å². The number of aromatic hydroxyl groups is 2. The summed E-state index contributed by atoms with van der Waals surface area (Å²) in [7, 11) is 1.59. The number of benzene rings is 2. The van der Waals surface area contributed by atoms with E-state index in [-0.39, 0.29) is 133 Å². The zero-order valence-electron chi connectivity index (χ0n) is 48.9. The molecule has 7 N–H and O–H groups in total. The highest BCUT2D eigenvalue weighted by molar-refractivity contribution is 8.15. The van der Waals surface area contributed by atoms with Crippen molar-refractivity contribution in [2.75, 3.05) is 39.0 Å². The smallest absolute Gasteiger partial charge is 0.415 e. The molecule has 19 nitrogen and oxygen atoms in total. The van der Waals surface area contributed by atoms with Gasteiger partial charge in [-0.1, -0.05) is 40.9 Å². The molecule has 1 spiro atoms. The average Bonchev–Trinajstić information content (AvgIpc) is 4.00. The van der Waals surface area contributed by atoms with Crippen molar-refractivity contribution in [3.63, 3.8) is 0 Å². The first-order chi connectivity index (χ1) is 39.3. The van der Waals surface area contributed by atoms with Crippen molar-refractivity contribution in [2.24, 2.45) is 45.9 Å². The Morgan fingerprint density at radius 1 is 0.928 bits per heavy atom. The van der Waals surface area contributed by atoms with Gasteiger partial charge in [-0.05, 0) is 143 Å². The summed E-state index contributed by atoms with van der Waals surface area (Å²) in [5.41, 5.74) is 0.522. The Bertz CT molecular complexity index is 3130. The van der Waals surface area contributed by atoms with E-state index in [0.717, 1.165) is 38.5 Å². The van der Waals surface area contributed by atoms with Gasteiger partial charge in [-0.15, -0.1) is 23.1 Å². The number of hydrogen-bond acceptors (Lipinski definition) is 15. The summed E-state index contributed by atoms with van der Waals surface area (Å²) < 4.78 is 13.3. The van der Waals surface area contributed by atoms with Crippen LogP contribution >= 0.6 is 23.1 Å². The maximum absolute atomic E-state index is 13.9. The number of phenols is 2. The lowest BCUT2D eigenvalue weighted by molar-refractivity contribution is -0.142. The van der Waals surface area contributed by atoms with Gasteiger partial charge >= 0.3 is 18.0 Å². The molecule has 12 atom stereocenters. The normalized spacial score (nSPS) is 27.7. The largest absolute Gasteiger partial charge is 0.507 e. The summed E-state index contributed by atoms with van der Waals surface area (Å²) in [6, 6.07) is 3.04. The van der Waals surface area contributed by atoms with Crippen LogP contribution in [0.5, 0.6) is 17.2 Å². The van der Waals surface area contributed by atoms with E-state index in [1.54, 1.807) is 46.0 Å². The van der Waals surface area contributed by atoms with E-state index in [4.69, 9.17) is 9.47 Å². The molecule has 6 aliphatic rings. The van der Waals surface area contributed by atoms with Crippen molar-refractivity contribution < 1.29 is 63.8 Å². The van der Waals surface area contributed by atoms with Crippen molar-refractivity contribution >= 4 is 87.3 Å². The number of unbranched alkanes of at least 4 members (excludes halogenated alkanes) is 1. The molecule has 2 aliphatic heterocycles. The minimum atomic E-state index is -1.11. The number of hydrogen-bond donors (Lipinski definition) is 7. The number of thioether (sulfide) groups is 1. The molecule has 5 fully saturated rings. The van der Waals surface area contributed by atoms with E-state index in [0.29, 0.717) is 86.0 Å². The number of likely N-dealkylation sites (N-methyl/N-ethyl adjacent to an activating group) is 1. The first-order valence-corrected chi connectivity index (χ1v) is 31.6. The standard InChI is InChI=1S/C62H84N6O13S2/c1-33(41-18-19-42-40-17-15-37-28-38(69)22-23-61(37,7)43(40)30-48-62(41,42)81-48)14-21-50(71)64-45(57(75)76)12-9-10-24-63-49(70)13-11-25-68(27-26-67(8)51(72)31-60(5,6)52-36(4)53(73)34(2)35(3)54(52)74)59(79)80-39-16-20-44-47(29-39)83-56(65-44)55-66-46(32-82-55)58(77)78/h16,20,29,33,37-38,40-43,45-46,48,69,73-74H,3-4,9-15,17-19,21-28,30-32H2,1-2,5-8H3,(H,63,70)(H,64,71)(H,75,76)(H,77,78). The van der Waals surface area contributed by atoms with Crippen molar-refractivity contribution in [1.82, 2.24) is 25.4 Å². The van der Waals surface area contributed by atoms with Crippen molar-refractivity contribution in [2.45, 2.75) is 173 Å². The van der Waals surface area contributed by atoms with Crippen LogP contribution in [0.1, 0.15) is 147 Å². The Kier molecular flexibility index (Phi) is 18.6. The van der Waals surface area contributed by atoms with Gasteiger partial charge in [0.05, 0.1) is 22.4 Å². The molecule has 4 aliphatic carbocycles. The monoisotopic (exact) mass is 1180 g/mol. The number of carboxylic acids is 2. The zero-order chi connectivity index (χ0) is 59.9. The van der Waals surface area contributed by atoms with Crippen LogP contribution in [0.15, 0.2) is 23.2 Å². The molecule has 0 radical (unpaired) electrons. The van der Waals surface area contributed by atoms with E-state index in [1.807, 2.05) is 0 Å². The molecule has 452 valence electrons. The van der Waals surface area contributed by atoms with Crippen molar-refractivity contribution in [3.05, 3.63) is 44.8 Å². The van der Waals surface area contributed by atoms with Crippen LogP contribution in [0.4, 0.5) is 4.79 Å². The minimum absolute atomic E-state index is 0.0318. The minimum Gasteiger partial charge on any atom is -0.507 e. The van der Waals surface area contributed by atoms with E-state index in [1.165, 1.54) is 45.7 Å². The number of phenolic OH excluding ortho intramolecular Hbond substituents is 2. The topological polar surface area (TPSA) is 281 Å². The Morgan fingerprint density at radius 3 is 2.43 bits per heavy atom. The van der Waals surface area contributed by atoms with Gasteiger partial charge in [-0.25, -0.2) is 19.4 Å². The number of aliphatic hydroxyl groups is 1. The van der Waals surface area contributed by atoms with E-state index in [2.05, 4.69) is 47.6 Å². The fourth-order valence-electron chi connectivity index (χ4n) is 15.2. The number of carbonyl (C=O) groups is 6. The third-order valence-electron chi connectivity index (χ3n) is 19.9. The molecule has 0 bridgehead atoms. The number of ether oxygens (including phenoxy) is 2. The predicted octanol–water partition coefficient (Wildman–Crippen LogP) is 7.22. The first-order valence-electron chi connectivity index (χ1n) is 29.8. The Morgan fingerprint density at radius 2 is 1.70 bits per heavy atom. The molecule has 3 aromatic rings. The SMILES string of the molecule is C=c1c(C)c(O)c(=C)c(C(C)(C)CC(=O)N(C)CCN(CCCC(=O)NCCCCC(NC(=O)CCC(C)C2CCC3C4CCC5CC(O)CCC5(C)C4CC4OC423)C(=O)O)C(=O)Oc2ccc3nc(C4=NC(C(=O)O)CS4)sc3c2)c1O. The van der Waals surface area contributed by atoms with Crippen LogP contribution in [0.25, 0.3) is 23.4 Å². The molecular formula is C62H84N6O13S2. The van der Waals surface area contributed by atoms with Gasteiger partial charge in [0.1, 0.15) is 38.9 Å². The second kappa shape index (κ2) is 25.1. The van der Waals surface area contributed by atoms with Gasteiger partial charge in [0, 0.05) is 91.3 Å². The fraction of sp³-hybridized carbons (Fsp3) is 0.645. The molecule has 2 aromatic carbocycles. The van der Waals surface area contributed by atoms with Crippen molar-refractivity contribution in [1.29, 1.82) is 0 Å². The highest BCUT2D eigenvalue weighted by Gasteiger charge is 2.75. The quantitative estimate of drug-likeness (QED) is 0.0265. The van der Waals surface area contributed by atoms with Gasteiger partial charge in [0.25, 0.3) is 0 Å². The summed E-state index contributed by atoms with van der Waals surface area (Å²) in [6.07, 6.45) is 10.3. The third-order valence-corrected chi connectivity index (χ3v) is 22.1. The van der Waals surface area contributed by atoms with Crippen LogP contribution in [0.3, 0.4) is 0 Å². The molecular weight excluding hydrogens is 1100 g/mol. The first kappa shape index (κ1) is 61.8. The number of carboxylic acid groups (broad SMARTS) is 2. The second-order valence-electron chi connectivity index (χ2n) is 25.5. The molecule has 83 heavy (non-hydrogen) atoms. The summed E-state index contributed by atoms with van der Waals surface area (Å²) >= 11 is 2.60. The Balaban J connectivity index is 0.733. The lowest BCUT2D eigenvalue weighted by atomic mass is 9.46. The number of fused-ring (bicyclic) bond motifs is 5. The van der Waals surface area contributed by atoms with Gasteiger partial charge in [-0.2, -0.15) is 0 Å². The third kappa shape index (κ3) is 12.9. The number of nitrogens with one attached hydrogen (secondary N) is 2. The number of amides is 4. The highest BCUT2D eigenvalue weighted by atomic mass is 32.2. The second-order valence-corrected chi connectivity index (χ2v) is 27.6. The molecule has 1 aromatic heterocycles. The number of carbonyl (C=O) groups excluding carboxylic acids is 4. The average molecular weight is 1190 g/mol. The number of aromatic nitrogens is 1. The number of rotatable bonds is 24. The lowest BCUT2D eigenvalue weighted by Gasteiger charge is -2.58. The number of aliphatic hydroxyl groups excluding tert-OH is 1. The zero-order valence-corrected chi connectivity index (χ0v) is 50.5. The van der Waals surface area contributed by atoms with E-state index in [9.17, 15) is 54.3 Å². The fourth-order valence-corrected chi connectivity index (χ4v) is 17.3. The molecule has 4 saturated carbocycles. The Labute approximate surface area is 493 Å². The van der Waals surface area contributed by atoms with Crippen LogP contribution in [0, 0.1) is 47.8 Å². The van der Waals surface area contributed by atoms with Crippen LogP contribution in [0.2, 0.25) is 0 Å². The maximum atomic E-state index is 13.9. The number of epoxide rings is 1. The number of thiazole rings is 1. The lowest BCUT2D eigenvalue weighted by Crippen LogP contribution is -2.54. The summed E-state index contributed by atoms with van der Waals surface area (Å²) in [6.45, 7) is 18.2. The molecule has 1 saturated heterocycles. The van der Waals surface area contributed by atoms with E-state index < -0.39 is 35.5 Å². The molecule has 9 rings (SSSR count). The molecule has 3 heterocycles. The number of aliphatic carboxylic acids is 2. The number of aliphatic imine (C=N–C) groups is 1. The number of nitrogens with zero attached hydrogens (tertiary/aromatic N) is 4. The maximum Gasteiger partial charge on any atom is 0.415 e. The Hall–Kier alpha value is -5.77. The molecule has 4 amide bonds. The highest BCUT2D eigenvalue weighted by Crippen LogP contribution is 2.72. The summed E-state index contributed by atoms with van der Waals surface area (Å²) in [4.78, 5) is 89.7. The van der Waals surface area contributed by atoms with Gasteiger partial charge in [0.2, 0.25) is 17.7 Å². The molecule has 12 unspecified atom stereocenters. The summed E-state index contributed by atoms with van der Waals surface area (Å²) in [5.74, 6) is 0.376. The van der Waals surface area contributed by atoms with Gasteiger partial charge in [-0.3, -0.25) is 19.4 Å². The predicted molar refractivity (Wildman–Crippen MR) is 318 cm³/mol. The van der Waals surface area contributed by atoms with Crippen LogP contribution in [-0.4, -0.2) is 150 Å². The summed E-state index contributed by atoms with van der Waals surface area (Å²) in [5, 5.41) is 58.9. The van der Waals surface area contributed by atoms with Crippen LogP contribution in [-0.2, 0) is 34.1 Å².